The second-order valence-electron chi connectivity index (χ2n) is 6.85. The first-order chi connectivity index (χ1) is 14.7. The molecule has 0 atom stereocenters. The van der Waals surface area contributed by atoms with Gasteiger partial charge in [0.25, 0.3) is 0 Å². The highest BCUT2D eigenvalue weighted by molar-refractivity contribution is 6.30. The Morgan fingerprint density at radius 2 is 1.97 bits per heavy atom. The van der Waals surface area contributed by atoms with Crippen LogP contribution in [0.15, 0.2) is 53.1 Å². The molecule has 2 aliphatic rings. The number of rotatable bonds is 5. The lowest BCUT2D eigenvalue weighted by Crippen LogP contribution is -2.37. The van der Waals surface area contributed by atoms with E-state index in [1.54, 1.807) is 0 Å². The van der Waals surface area contributed by atoms with E-state index >= 15 is 0 Å². The van der Waals surface area contributed by atoms with E-state index in [9.17, 15) is 0 Å². The Kier molecular flexibility index (Phi) is 6.51. The maximum atomic E-state index is 6.08. The van der Waals surface area contributed by atoms with Crippen molar-refractivity contribution in [3.05, 3.63) is 64.5 Å². The molecule has 7 nitrogen and oxygen atoms in total. The van der Waals surface area contributed by atoms with E-state index in [-0.39, 0.29) is 0 Å². The first kappa shape index (κ1) is 20.3. The Bertz CT molecular complexity index is 1020. The van der Waals surface area contributed by atoms with Crippen molar-refractivity contribution in [1.82, 2.24) is 15.0 Å². The summed E-state index contributed by atoms with van der Waals surface area (Å²) in [5, 5.41) is 3.91. The third kappa shape index (κ3) is 5.31. The van der Waals surface area contributed by atoms with Crippen LogP contribution < -0.4 is 10.2 Å². The maximum absolute atomic E-state index is 6.08. The van der Waals surface area contributed by atoms with Crippen LogP contribution in [0.5, 0.6) is 0 Å². The molecule has 3 heterocycles. The summed E-state index contributed by atoms with van der Waals surface area (Å²) < 4.78 is 5.45. The molecule has 0 radical (unpaired) electrons. The summed E-state index contributed by atoms with van der Waals surface area (Å²) in [5.41, 5.74) is 2.12. The third-order valence-electron chi connectivity index (χ3n) is 4.58. The molecule has 0 aliphatic carbocycles. The minimum Gasteiger partial charge on any atom is -0.378 e. The number of morpholine rings is 1. The van der Waals surface area contributed by atoms with Crippen LogP contribution >= 0.6 is 11.6 Å². The van der Waals surface area contributed by atoms with Crippen molar-refractivity contribution >= 4 is 41.5 Å². The van der Waals surface area contributed by atoms with Gasteiger partial charge < -0.3 is 15.0 Å². The highest BCUT2D eigenvalue weighted by Gasteiger charge is 2.17. The van der Waals surface area contributed by atoms with Crippen LogP contribution in [0.4, 0.5) is 11.9 Å². The van der Waals surface area contributed by atoms with E-state index in [1.165, 1.54) is 0 Å². The van der Waals surface area contributed by atoms with Gasteiger partial charge >= 0.3 is 0 Å². The average Bonchev–Trinajstić information content (AvgIpc) is 3.20. The summed E-state index contributed by atoms with van der Waals surface area (Å²) in [7, 11) is 0. The molecule has 154 valence electrons. The molecule has 30 heavy (non-hydrogen) atoms. The minimum atomic E-state index is 0.467. The molecule has 2 aromatic rings. The Balaban J connectivity index is 1.61. The van der Waals surface area contributed by atoms with Gasteiger partial charge in [-0.3, -0.25) is 4.99 Å². The first-order valence-electron chi connectivity index (χ1n) is 9.87. The van der Waals surface area contributed by atoms with Crippen LogP contribution in [-0.4, -0.2) is 53.6 Å². The Labute approximate surface area is 180 Å². The molecular weight excluding hydrogens is 400 g/mol. The molecule has 1 fully saturated rings. The monoisotopic (exact) mass is 422 g/mol. The van der Waals surface area contributed by atoms with Crippen molar-refractivity contribution in [3.63, 3.8) is 0 Å². The number of halogens is 1. The normalized spacial score (nSPS) is 16.9. The van der Waals surface area contributed by atoms with Crippen molar-refractivity contribution in [2.24, 2.45) is 4.99 Å². The Morgan fingerprint density at radius 3 is 2.77 bits per heavy atom. The van der Waals surface area contributed by atoms with Crippen LogP contribution in [0.1, 0.15) is 18.3 Å². The summed E-state index contributed by atoms with van der Waals surface area (Å²) in [4.78, 5) is 20.4. The molecule has 0 bridgehead atoms. The Morgan fingerprint density at radius 1 is 1.10 bits per heavy atom. The van der Waals surface area contributed by atoms with Crippen molar-refractivity contribution in [2.45, 2.75) is 6.92 Å². The number of amidine groups is 1. The van der Waals surface area contributed by atoms with E-state index in [2.05, 4.69) is 30.2 Å². The summed E-state index contributed by atoms with van der Waals surface area (Å²) in [6, 6.07) is 7.63. The lowest BCUT2D eigenvalue weighted by atomic mass is 10.2. The number of nitrogens with one attached hydrogen (secondary N) is 1. The quantitative estimate of drug-likeness (QED) is 0.788. The molecule has 1 aromatic heterocycles. The zero-order chi connectivity index (χ0) is 20.8. The predicted molar refractivity (Wildman–Crippen MR) is 122 cm³/mol. The van der Waals surface area contributed by atoms with Crippen LogP contribution in [0.25, 0.3) is 12.2 Å². The molecule has 4 rings (SSSR count). The molecule has 0 saturated carbocycles. The highest BCUT2D eigenvalue weighted by atomic mass is 35.5. The van der Waals surface area contributed by atoms with Crippen LogP contribution in [-0.2, 0) is 4.74 Å². The van der Waals surface area contributed by atoms with E-state index < -0.39 is 0 Å². The van der Waals surface area contributed by atoms with Crippen molar-refractivity contribution in [1.29, 1.82) is 0 Å². The largest absolute Gasteiger partial charge is 0.378 e. The maximum Gasteiger partial charge on any atom is 0.233 e. The molecule has 1 saturated heterocycles. The molecular formula is C22H23ClN6O. The predicted octanol–water partition coefficient (Wildman–Crippen LogP) is 3.86. The van der Waals surface area contributed by atoms with Crippen LogP contribution in [0.2, 0.25) is 5.02 Å². The molecule has 8 heteroatoms. The van der Waals surface area contributed by atoms with Gasteiger partial charge in [-0.05, 0) is 42.3 Å². The molecule has 0 amide bonds. The van der Waals surface area contributed by atoms with Crippen LogP contribution in [0, 0.1) is 0 Å². The summed E-state index contributed by atoms with van der Waals surface area (Å²) in [6.07, 6.45) is 9.84. The van der Waals surface area contributed by atoms with Gasteiger partial charge in [-0.2, -0.15) is 15.0 Å². The van der Waals surface area contributed by atoms with Gasteiger partial charge in [0, 0.05) is 18.1 Å². The number of aliphatic imine (C=N–C) groups is 1. The van der Waals surface area contributed by atoms with Gasteiger partial charge in [0.15, 0.2) is 5.82 Å². The summed E-state index contributed by atoms with van der Waals surface area (Å²) in [5.74, 6) is 2.39. The standard InChI is InChI=1S/C22H23ClN6O/c1-2-4-17-14-20(24-15-17)26-21-25-19(8-7-16-5-3-6-18(23)13-16)27-22(28-21)29-9-11-30-12-10-29/h2-8,13-14H,9-12,15H2,1H3,(H,24,25,26,27,28)/b4-2+,8-7+. The van der Waals surface area contributed by atoms with E-state index in [4.69, 9.17) is 16.3 Å². The van der Waals surface area contributed by atoms with Gasteiger partial charge in [-0.1, -0.05) is 42.0 Å². The second kappa shape index (κ2) is 9.65. The fourth-order valence-electron chi connectivity index (χ4n) is 3.15. The smallest absolute Gasteiger partial charge is 0.233 e. The van der Waals surface area contributed by atoms with E-state index in [0.29, 0.717) is 42.5 Å². The zero-order valence-corrected chi connectivity index (χ0v) is 17.5. The van der Waals surface area contributed by atoms with Gasteiger partial charge in [0.2, 0.25) is 11.9 Å². The number of ether oxygens (including phenoxy) is 1. The topological polar surface area (TPSA) is 75.5 Å². The van der Waals surface area contributed by atoms with Crippen molar-refractivity contribution in [2.75, 3.05) is 43.1 Å². The van der Waals surface area contributed by atoms with Crippen molar-refractivity contribution < 1.29 is 4.74 Å². The van der Waals surface area contributed by atoms with Crippen LogP contribution in [0.3, 0.4) is 0 Å². The van der Waals surface area contributed by atoms with Gasteiger partial charge in [-0.25, -0.2) is 0 Å². The molecule has 1 N–H and O–H groups in total. The lowest BCUT2D eigenvalue weighted by Gasteiger charge is -2.27. The van der Waals surface area contributed by atoms with E-state index in [0.717, 1.165) is 30.1 Å². The number of nitrogens with zero attached hydrogens (tertiary/aromatic N) is 5. The Hall–Kier alpha value is -3.03. The van der Waals surface area contributed by atoms with E-state index in [1.807, 2.05) is 61.6 Å². The summed E-state index contributed by atoms with van der Waals surface area (Å²) >= 11 is 6.08. The molecule has 1 aromatic carbocycles. The number of hydrogen-bond donors (Lipinski definition) is 1. The molecule has 0 unspecified atom stereocenters. The van der Waals surface area contributed by atoms with Crippen molar-refractivity contribution in [3.8, 4) is 0 Å². The summed E-state index contributed by atoms with van der Waals surface area (Å²) in [6.45, 7) is 5.44. The average molecular weight is 423 g/mol. The molecule has 2 aliphatic heterocycles. The minimum absolute atomic E-state index is 0.467. The number of aromatic nitrogens is 3. The van der Waals surface area contributed by atoms with Gasteiger partial charge in [0.05, 0.1) is 19.8 Å². The lowest BCUT2D eigenvalue weighted by molar-refractivity contribution is 0.122. The third-order valence-corrected chi connectivity index (χ3v) is 4.82. The SMILES string of the molecule is C/C=C/C1=CC(Nc2nc(/C=C/c3cccc(Cl)c3)nc(N3CCOCC3)n2)=NC1. The fourth-order valence-corrected chi connectivity index (χ4v) is 3.34. The first-order valence-corrected chi connectivity index (χ1v) is 10.2. The molecule has 0 spiro atoms. The number of hydrogen-bond acceptors (Lipinski definition) is 7. The number of anilines is 2. The second-order valence-corrected chi connectivity index (χ2v) is 7.29. The van der Waals surface area contributed by atoms with Gasteiger partial charge in [0.1, 0.15) is 5.84 Å². The number of benzene rings is 1. The van der Waals surface area contributed by atoms with Gasteiger partial charge in [-0.15, -0.1) is 0 Å². The zero-order valence-electron chi connectivity index (χ0n) is 16.8. The fraction of sp³-hybridized carbons (Fsp3) is 0.273. The number of allylic oxidation sites excluding steroid dienone is 1. The highest BCUT2D eigenvalue weighted by Crippen LogP contribution is 2.17.